The first kappa shape index (κ1) is 14.2. The molecule has 2 heterocycles. The SMILES string of the molecule is O=C(Nc1cccc(-c2ccc(N3CCCC3)nn2)c1)C1CC1. The second-order valence-corrected chi connectivity index (χ2v) is 6.32. The average molecular weight is 308 g/mol. The molecule has 118 valence electrons. The van der Waals surface area contributed by atoms with Crippen LogP contribution in [0.4, 0.5) is 11.5 Å². The minimum Gasteiger partial charge on any atom is -0.355 e. The van der Waals surface area contributed by atoms with Gasteiger partial charge in [-0.1, -0.05) is 12.1 Å². The Morgan fingerprint density at radius 1 is 1.09 bits per heavy atom. The molecule has 1 aliphatic carbocycles. The maximum atomic E-state index is 11.9. The third-order valence-corrected chi connectivity index (χ3v) is 4.45. The van der Waals surface area contributed by atoms with Gasteiger partial charge in [0.1, 0.15) is 0 Å². The Bertz CT molecular complexity index is 703. The van der Waals surface area contributed by atoms with Gasteiger partial charge in [-0.15, -0.1) is 10.2 Å². The maximum Gasteiger partial charge on any atom is 0.227 e. The third kappa shape index (κ3) is 3.18. The number of aromatic nitrogens is 2. The molecule has 5 heteroatoms. The summed E-state index contributed by atoms with van der Waals surface area (Å²) in [5.74, 6) is 1.28. The lowest BCUT2D eigenvalue weighted by Crippen LogP contribution is -2.19. The van der Waals surface area contributed by atoms with Gasteiger partial charge in [0.15, 0.2) is 5.82 Å². The number of nitrogens with one attached hydrogen (secondary N) is 1. The van der Waals surface area contributed by atoms with E-state index < -0.39 is 0 Å². The lowest BCUT2D eigenvalue weighted by molar-refractivity contribution is -0.117. The van der Waals surface area contributed by atoms with Crippen LogP contribution in [0, 0.1) is 5.92 Å². The molecule has 1 aromatic heterocycles. The molecule has 0 spiro atoms. The molecule has 0 bridgehead atoms. The van der Waals surface area contributed by atoms with Crippen LogP contribution in [0.5, 0.6) is 0 Å². The molecule has 5 nitrogen and oxygen atoms in total. The van der Waals surface area contributed by atoms with Crippen LogP contribution in [0.2, 0.25) is 0 Å². The molecular formula is C18H20N4O. The van der Waals surface area contributed by atoms with E-state index in [9.17, 15) is 4.79 Å². The Balaban J connectivity index is 1.51. The highest BCUT2D eigenvalue weighted by atomic mass is 16.2. The Hall–Kier alpha value is -2.43. The molecule has 0 radical (unpaired) electrons. The topological polar surface area (TPSA) is 58.1 Å². The number of amides is 1. The van der Waals surface area contributed by atoms with E-state index in [4.69, 9.17) is 0 Å². The highest BCUT2D eigenvalue weighted by Crippen LogP contribution is 2.30. The van der Waals surface area contributed by atoms with Crippen LogP contribution < -0.4 is 10.2 Å². The molecule has 4 rings (SSSR count). The summed E-state index contributed by atoms with van der Waals surface area (Å²) >= 11 is 0. The largest absolute Gasteiger partial charge is 0.355 e. The van der Waals surface area contributed by atoms with Crippen LogP contribution in [-0.2, 0) is 4.79 Å². The van der Waals surface area contributed by atoms with Gasteiger partial charge in [0.05, 0.1) is 5.69 Å². The number of benzene rings is 1. The van der Waals surface area contributed by atoms with Crippen molar-refractivity contribution in [2.45, 2.75) is 25.7 Å². The van der Waals surface area contributed by atoms with Crippen LogP contribution in [-0.4, -0.2) is 29.2 Å². The first-order chi connectivity index (χ1) is 11.3. The standard InChI is InChI=1S/C18H20N4O/c23-18(13-6-7-13)19-15-5-3-4-14(12-15)16-8-9-17(21-20-16)22-10-1-2-11-22/h3-5,8-9,12-13H,1-2,6-7,10-11H2,(H,19,23). The van der Waals surface area contributed by atoms with Gasteiger partial charge in [-0.25, -0.2) is 0 Å². The van der Waals surface area contributed by atoms with Gasteiger partial charge < -0.3 is 10.2 Å². The molecule has 2 aromatic rings. The van der Waals surface area contributed by atoms with Crippen molar-refractivity contribution < 1.29 is 4.79 Å². The van der Waals surface area contributed by atoms with Gasteiger partial charge in [-0.3, -0.25) is 4.79 Å². The van der Waals surface area contributed by atoms with Crippen molar-refractivity contribution in [1.29, 1.82) is 0 Å². The first-order valence-electron chi connectivity index (χ1n) is 8.29. The summed E-state index contributed by atoms with van der Waals surface area (Å²) in [6.45, 7) is 2.13. The van der Waals surface area contributed by atoms with E-state index in [2.05, 4.69) is 20.4 Å². The monoisotopic (exact) mass is 308 g/mol. The summed E-state index contributed by atoms with van der Waals surface area (Å²) in [4.78, 5) is 14.1. The summed E-state index contributed by atoms with van der Waals surface area (Å²) in [7, 11) is 0. The number of nitrogens with zero attached hydrogens (tertiary/aromatic N) is 3. The Kier molecular flexibility index (Phi) is 3.69. The predicted molar refractivity (Wildman–Crippen MR) is 90.3 cm³/mol. The summed E-state index contributed by atoms with van der Waals surface area (Å²) < 4.78 is 0. The highest BCUT2D eigenvalue weighted by molar-refractivity contribution is 5.94. The minimum absolute atomic E-state index is 0.123. The van der Waals surface area contributed by atoms with Gasteiger partial charge in [0, 0.05) is 30.3 Å². The summed E-state index contributed by atoms with van der Waals surface area (Å²) in [5.41, 5.74) is 2.62. The van der Waals surface area contributed by atoms with Crippen molar-refractivity contribution in [2.24, 2.45) is 5.92 Å². The number of hydrogen-bond acceptors (Lipinski definition) is 4. The van der Waals surface area contributed by atoms with E-state index in [0.29, 0.717) is 0 Å². The van der Waals surface area contributed by atoms with Crippen molar-refractivity contribution in [3.05, 3.63) is 36.4 Å². The van der Waals surface area contributed by atoms with Crippen LogP contribution >= 0.6 is 0 Å². The Morgan fingerprint density at radius 3 is 2.61 bits per heavy atom. The van der Waals surface area contributed by atoms with Gasteiger partial charge in [-0.05, 0) is 49.9 Å². The average Bonchev–Trinajstić information content (AvgIpc) is 3.30. The van der Waals surface area contributed by atoms with E-state index in [0.717, 1.165) is 48.7 Å². The van der Waals surface area contributed by atoms with Crippen molar-refractivity contribution in [3.63, 3.8) is 0 Å². The molecule has 1 aromatic carbocycles. The maximum absolute atomic E-state index is 11.9. The summed E-state index contributed by atoms with van der Waals surface area (Å²) in [6.07, 6.45) is 4.47. The molecule has 1 N–H and O–H groups in total. The van der Waals surface area contributed by atoms with Gasteiger partial charge in [0.25, 0.3) is 0 Å². The number of carbonyl (C=O) groups is 1. The molecule has 0 unspecified atom stereocenters. The smallest absolute Gasteiger partial charge is 0.227 e. The van der Waals surface area contributed by atoms with Crippen LogP contribution in [0.3, 0.4) is 0 Å². The van der Waals surface area contributed by atoms with E-state index >= 15 is 0 Å². The second-order valence-electron chi connectivity index (χ2n) is 6.32. The third-order valence-electron chi connectivity index (χ3n) is 4.45. The van der Waals surface area contributed by atoms with Crippen molar-refractivity contribution >= 4 is 17.4 Å². The fourth-order valence-corrected chi connectivity index (χ4v) is 2.94. The number of anilines is 2. The lowest BCUT2D eigenvalue weighted by Gasteiger charge is -2.15. The number of rotatable bonds is 4. The quantitative estimate of drug-likeness (QED) is 0.943. The Morgan fingerprint density at radius 2 is 1.91 bits per heavy atom. The van der Waals surface area contributed by atoms with Crippen molar-refractivity contribution in [1.82, 2.24) is 10.2 Å². The minimum atomic E-state index is 0.123. The van der Waals surface area contributed by atoms with Crippen LogP contribution in [0.1, 0.15) is 25.7 Å². The zero-order valence-corrected chi connectivity index (χ0v) is 13.0. The molecule has 2 aliphatic rings. The van der Waals surface area contributed by atoms with Crippen molar-refractivity contribution in [3.8, 4) is 11.3 Å². The highest BCUT2D eigenvalue weighted by Gasteiger charge is 2.29. The molecule has 1 saturated carbocycles. The zero-order chi connectivity index (χ0) is 15.6. The number of carbonyl (C=O) groups excluding carboxylic acids is 1. The summed E-state index contributed by atoms with van der Waals surface area (Å²) in [5, 5.41) is 11.7. The normalized spacial score (nSPS) is 17.3. The molecule has 1 saturated heterocycles. The van der Waals surface area contributed by atoms with Gasteiger partial charge in [-0.2, -0.15) is 0 Å². The first-order valence-corrected chi connectivity index (χ1v) is 8.29. The lowest BCUT2D eigenvalue weighted by atomic mass is 10.1. The molecule has 1 amide bonds. The Labute approximate surface area is 135 Å². The van der Waals surface area contributed by atoms with E-state index in [-0.39, 0.29) is 11.8 Å². The molecular weight excluding hydrogens is 288 g/mol. The van der Waals surface area contributed by atoms with Crippen molar-refractivity contribution in [2.75, 3.05) is 23.3 Å². The van der Waals surface area contributed by atoms with E-state index in [1.807, 2.05) is 36.4 Å². The van der Waals surface area contributed by atoms with Gasteiger partial charge in [0.2, 0.25) is 5.91 Å². The zero-order valence-electron chi connectivity index (χ0n) is 13.0. The van der Waals surface area contributed by atoms with E-state index in [1.165, 1.54) is 12.8 Å². The van der Waals surface area contributed by atoms with E-state index in [1.54, 1.807) is 0 Å². The van der Waals surface area contributed by atoms with Gasteiger partial charge >= 0.3 is 0 Å². The fraction of sp³-hybridized carbons (Fsp3) is 0.389. The molecule has 0 atom stereocenters. The molecule has 1 aliphatic heterocycles. The summed E-state index contributed by atoms with van der Waals surface area (Å²) in [6, 6.07) is 11.8. The number of hydrogen-bond donors (Lipinski definition) is 1. The fourth-order valence-electron chi connectivity index (χ4n) is 2.94. The second kappa shape index (κ2) is 5.99. The molecule has 23 heavy (non-hydrogen) atoms. The predicted octanol–water partition coefficient (Wildman–Crippen LogP) is 3.09. The van der Waals surface area contributed by atoms with Crippen LogP contribution in [0.15, 0.2) is 36.4 Å². The molecule has 2 fully saturated rings. The van der Waals surface area contributed by atoms with Crippen LogP contribution in [0.25, 0.3) is 11.3 Å².